The fourth-order valence-corrected chi connectivity index (χ4v) is 6.08. The van der Waals surface area contributed by atoms with Crippen molar-refractivity contribution in [3.63, 3.8) is 0 Å². The standard InChI is InChI=1S/C36H19N3O/c37-20-25-7-5-8-26(21-38)36(25)39-31-15-13-23(19-30(31)35-27-9-2-1-6-22(27)12-16-32(35)39)24-14-17-34-29(18-24)28-10-3-4-11-33(28)40-34/h1-19H. The number of benzene rings is 6. The highest BCUT2D eigenvalue weighted by atomic mass is 16.3. The first-order valence-electron chi connectivity index (χ1n) is 13.1. The predicted octanol–water partition coefficient (Wildman–Crippen LogP) is 9.25. The summed E-state index contributed by atoms with van der Waals surface area (Å²) < 4.78 is 8.13. The quantitative estimate of drug-likeness (QED) is 0.233. The van der Waals surface area contributed by atoms with Gasteiger partial charge in [-0.05, 0) is 70.4 Å². The molecule has 0 aliphatic heterocycles. The Balaban J connectivity index is 1.48. The number of hydrogen-bond acceptors (Lipinski definition) is 3. The number of nitrogens with zero attached hydrogens (tertiary/aromatic N) is 3. The molecule has 0 amide bonds. The van der Waals surface area contributed by atoms with Crippen LogP contribution in [-0.2, 0) is 0 Å². The van der Waals surface area contributed by atoms with Crippen molar-refractivity contribution in [2.45, 2.75) is 0 Å². The fraction of sp³-hybridized carbons (Fsp3) is 0. The van der Waals surface area contributed by atoms with Crippen LogP contribution in [0.15, 0.2) is 120 Å². The van der Waals surface area contributed by atoms with Gasteiger partial charge in [0.25, 0.3) is 0 Å². The third-order valence-corrected chi connectivity index (χ3v) is 7.87. The van der Waals surface area contributed by atoms with Crippen LogP contribution in [0.5, 0.6) is 0 Å². The maximum Gasteiger partial charge on any atom is 0.135 e. The molecular weight excluding hydrogens is 490 g/mol. The average Bonchev–Trinajstić information content (AvgIpc) is 3.55. The van der Waals surface area contributed by atoms with Gasteiger partial charge in [0.15, 0.2) is 0 Å². The van der Waals surface area contributed by atoms with E-state index in [0.29, 0.717) is 16.8 Å². The molecule has 0 saturated heterocycles. The van der Waals surface area contributed by atoms with Crippen molar-refractivity contribution in [2.75, 3.05) is 0 Å². The summed E-state index contributed by atoms with van der Waals surface area (Å²) in [5, 5.41) is 26.6. The number of para-hydroxylation sites is 2. The molecule has 8 aromatic rings. The lowest BCUT2D eigenvalue weighted by molar-refractivity contribution is 0.669. The molecule has 2 aromatic heterocycles. The number of furan rings is 1. The highest BCUT2D eigenvalue weighted by Crippen LogP contribution is 2.40. The van der Waals surface area contributed by atoms with Gasteiger partial charge in [-0.25, -0.2) is 0 Å². The van der Waals surface area contributed by atoms with E-state index in [1.807, 2.05) is 30.3 Å². The summed E-state index contributed by atoms with van der Waals surface area (Å²) in [6.45, 7) is 0. The van der Waals surface area contributed by atoms with Gasteiger partial charge in [0.2, 0.25) is 0 Å². The molecule has 0 saturated carbocycles. The minimum absolute atomic E-state index is 0.465. The lowest BCUT2D eigenvalue weighted by atomic mass is 9.99. The number of nitriles is 2. The first kappa shape index (κ1) is 22.2. The van der Waals surface area contributed by atoms with E-state index in [9.17, 15) is 10.5 Å². The van der Waals surface area contributed by atoms with Crippen molar-refractivity contribution in [3.8, 4) is 29.0 Å². The minimum Gasteiger partial charge on any atom is -0.456 e. The van der Waals surface area contributed by atoms with Crippen LogP contribution >= 0.6 is 0 Å². The summed E-state index contributed by atoms with van der Waals surface area (Å²) in [6, 6.07) is 43.4. The molecule has 0 aliphatic carbocycles. The van der Waals surface area contributed by atoms with E-state index in [4.69, 9.17) is 4.42 Å². The van der Waals surface area contributed by atoms with Gasteiger partial charge in [0.05, 0.1) is 27.8 Å². The van der Waals surface area contributed by atoms with Gasteiger partial charge in [-0.2, -0.15) is 10.5 Å². The second-order valence-corrected chi connectivity index (χ2v) is 9.98. The lowest BCUT2D eigenvalue weighted by Crippen LogP contribution is -2.01. The monoisotopic (exact) mass is 509 g/mol. The van der Waals surface area contributed by atoms with Gasteiger partial charge < -0.3 is 8.98 Å². The topological polar surface area (TPSA) is 65.7 Å². The smallest absolute Gasteiger partial charge is 0.135 e. The zero-order chi connectivity index (χ0) is 26.8. The first-order chi connectivity index (χ1) is 19.7. The summed E-state index contributed by atoms with van der Waals surface area (Å²) in [7, 11) is 0. The van der Waals surface area contributed by atoms with Crippen LogP contribution in [0, 0.1) is 22.7 Å². The van der Waals surface area contributed by atoms with E-state index >= 15 is 0 Å². The fourth-order valence-electron chi connectivity index (χ4n) is 6.08. The summed E-state index contributed by atoms with van der Waals surface area (Å²) in [4.78, 5) is 0. The van der Waals surface area contributed by atoms with Crippen LogP contribution in [0.4, 0.5) is 0 Å². The van der Waals surface area contributed by atoms with Gasteiger partial charge in [0.1, 0.15) is 23.3 Å². The highest BCUT2D eigenvalue weighted by Gasteiger charge is 2.20. The molecule has 8 rings (SSSR count). The summed E-state index contributed by atoms with van der Waals surface area (Å²) in [6.07, 6.45) is 0. The molecular formula is C36H19N3O. The minimum atomic E-state index is 0.465. The molecule has 40 heavy (non-hydrogen) atoms. The molecule has 0 fully saturated rings. The molecule has 2 heterocycles. The third-order valence-electron chi connectivity index (χ3n) is 7.87. The molecule has 0 N–H and O–H groups in total. The largest absolute Gasteiger partial charge is 0.456 e. The van der Waals surface area contributed by atoms with Crippen LogP contribution in [0.2, 0.25) is 0 Å². The Morgan fingerprint density at radius 3 is 1.98 bits per heavy atom. The second-order valence-electron chi connectivity index (χ2n) is 9.98. The van der Waals surface area contributed by atoms with Crippen LogP contribution in [0.25, 0.3) is 71.3 Å². The first-order valence-corrected chi connectivity index (χ1v) is 13.1. The summed E-state index contributed by atoms with van der Waals surface area (Å²) in [5.41, 5.74) is 7.37. The average molecular weight is 510 g/mol. The number of aromatic nitrogens is 1. The summed E-state index contributed by atoms with van der Waals surface area (Å²) >= 11 is 0. The van der Waals surface area contributed by atoms with Crippen LogP contribution in [0.3, 0.4) is 0 Å². The van der Waals surface area contributed by atoms with Crippen LogP contribution < -0.4 is 0 Å². The molecule has 0 unspecified atom stereocenters. The van der Waals surface area contributed by atoms with Crippen molar-refractivity contribution in [2.24, 2.45) is 0 Å². The van der Waals surface area contributed by atoms with E-state index in [2.05, 4.69) is 83.4 Å². The molecule has 4 nitrogen and oxygen atoms in total. The Labute approximate surface area is 229 Å². The zero-order valence-corrected chi connectivity index (χ0v) is 21.2. The Morgan fingerprint density at radius 2 is 1.18 bits per heavy atom. The van der Waals surface area contributed by atoms with Crippen molar-refractivity contribution in [1.82, 2.24) is 4.57 Å². The Morgan fingerprint density at radius 1 is 0.525 bits per heavy atom. The zero-order valence-electron chi connectivity index (χ0n) is 21.2. The lowest BCUT2D eigenvalue weighted by Gasteiger charge is -2.12. The van der Waals surface area contributed by atoms with Crippen LogP contribution in [-0.4, -0.2) is 4.57 Å². The Hall–Kier alpha value is -5.84. The van der Waals surface area contributed by atoms with E-state index < -0.39 is 0 Å². The van der Waals surface area contributed by atoms with E-state index in [1.165, 1.54) is 0 Å². The van der Waals surface area contributed by atoms with Gasteiger partial charge in [-0.15, -0.1) is 0 Å². The van der Waals surface area contributed by atoms with Gasteiger partial charge in [-0.3, -0.25) is 0 Å². The molecule has 6 aromatic carbocycles. The maximum atomic E-state index is 10.0. The molecule has 0 radical (unpaired) electrons. The van der Waals surface area contributed by atoms with Crippen molar-refractivity contribution in [3.05, 3.63) is 126 Å². The van der Waals surface area contributed by atoms with Gasteiger partial charge in [-0.1, -0.05) is 66.7 Å². The molecule has 0 bridgehead atoms. The Kier molecular flexibility index (Phi) is 4.62. The molecule has 0 atom stereocenters. The SMILES string of the molecule is N#Cc1cccc(C#N)c1-n1c2ccc(-c3ccc4oc5ccccc5c4c3)cc2c2c3ccccc3ccc21. The van der Waals surface area contributed by atoms with E-state index in [1.54, 1.807) is 18.2 Å². The number of hydrogen-bond donors (Lipinski definition) is 0. The maximum absolute atomic E-state index is 10.0. The van der Waals surface area contributed by atoms with Crippen molar-refractivity contribution in [1.29, 1.82) is 10.5 Å². The van der Waals surface area contributed by atoms with Crippen molar-refractivity contribution < 1.29 is 4.42 Å². The normalized spacial score (nSPS) is 11.4. The third kappa shape index (κ3) is 3.05. The molecule has 0 spiro atoms. The van der Waals surface area contributed by atoms with E-state index in [0.717, 1.165) is 65.6 Å². The summed E-state index contributed by atoms with van der Waals surface area (Å²) in [5.74, 6) is 0. The number of fused-ring (bicyclic) bond motifs is 8. The Bertz CT molecular complexity index is 2380. The van der Waals surface area contributed by atoms with Crippen molar-refractivity contribution >= 4 is 54.5 Å². The molecule has 0 aliphatic rings. The predicted molar refractivity (Wildman–Crippen MR) is 160 cm³/mol. The second kappa shape index (κ2) is 8.33. The molecule has 184 valence electrons. The number of rotatable bonds is 2. The van der Waals surface area contributed by atoms with E-state index in [-0.39, 0.29) is 0 Å². The highest BCUT2D eigenvalue weighted by molar-refractivity contribution is 6.22. The van der Waals surface area contributed by atoms with Gasteiger partial charge >= 0.3 is 0 Å². The molecule has 4 heteroatoms. The van der Waals surface area contributed by atoms with Gasteiger partial charge in [0, 0.05) is 21.5 Å². The van der Waals surface area contributed by atoms with Crippen LogP contribution in [0.1, 0.15) is 11.1 Å².